The van der Waals surface area contributed by atoms with Crippen LogP contribution in [-0.4, -0.2) is 60.4 Å². The number of rotatable bonds is 5. The number of nitrogens with zero attached hydrogens (tertiary/aromatic N) is 1. The Morgan fingerprint density at radius 3 is 2.50 bits per heavy atom. The van der Waals surface area contributed by atoms with Gasteiger partial charge in [0.2, 0.25) is 5.91 Å². The van der Waals surface area contributed by atoms with Gasteiger partial charge in [-0.3, -0.25) is 4.79 Å². The van der Waals surface area contributed by atoms with Crippen molar-refractivity contribution in [3.8, 4) is 0 Å². The van der Waals surface area contributed by atoms with Crippen LogP contribution in [-0.2, 0) is 14.3 Å². The van der Waals surface area contributed by atoms with Gasteiger partial charge < -0.3 is 25.8 Å². The monoisotopic (exact) mass is 525 g/mol. The first-order chi connectivity index (χ1) is 17.7. The zero-order valence-corrected chi connectivity index (χ0v) is 24.2. The maximum atomic E-state index is 12.7. The summed E-state index contributed by atoms with van der Waals surface area (Å²) in [7, 11) is 4.21. The lowest BCUT2D eigenvalue weighted by molar-refractivity contribution is -0.151. The Morgan fingerprint density at radius 1 is 1.18 bits per heavy atom. The first kappa shape index (κ1) is 31.5. The molecule has 0 aromatic carbocycles. The number of carbonyl (C=O) groups is 2. The van der Waals surface area contributed by atoms with E-state index in [0.29, 0.717) is 6.04 Å². The van der Waals surface area contributed by atoms with E-state index < -0.39 is 30.3 Å². The second-order valence-corrected chi connectivity index (χ2v) is 11.4. The van der Waals surface area contributed by atoms with E-state index in [1.807, 2.05) is 32.1 Å². The standard InChI is InChI=1S/C31H47N3O4/c1-20-10-9-11-27(36)38-29(23(4)28(37)30(32)33-24(5)35)22(3)13-12-21(2)18-25-14-15-26(34(7)8)19-31(25,6)17-16-20/h9-18,22-23,25-26,28-30,37H,19,32H2,1-8H3,(H,33,35)/b11-9+,13-12+,17-16+,20-10-,21-18+/t22-,23-,25-,26-,28+,29-,30+,31-/m1/s1. The zero-order chi connectivity index (χ0) is 28.6. The lowest BCUT2D eigenvalue weighted by Crippen LogP contribution is -2.54. The van der Waals surface area contributed by atoms with Crippen molar-refractivity contribution < 1.29 is 19.4 Å². The van der Waals surface area contributed by atoms with Crippen LogP contribution in [0.3, 0.4) is 0 Å². The Labute approximate surface area is 228 Å². The van der Waals surface area contributed by atoms with E-state index in [0.717, 1.165) is 17.6 Å². The first-order valence-corrected chi connectivity index (χ1v) is 13.4. The molecule has 7 nitrogen and oxygen atoms in total. The van der Waals surface area contributed by atoms with E-state index in [-0.39, 0.29) is 23.2 Å². The molecule has 1 heterocycles. The van der Waals surface area contributed by atoms with Gasteiger partial charge in [-0.1, -0.05) is 86.6 Å². The summed E-state index contributed by atoms with van der Waals surface area (Å²) in [6, 6.07) is 0.354. The molecular weight excluding hydrogens is 478 g/mol. The SMILES string of the molecule is CC(=O)N[C@H](N)[C@@H](O)[C@@H](C)[C@@H]1OC(=O)/C=C/C=C(C)\C=C\[C@]2(C)C[C@H](N(C)C)C=C[C@@H]2/C=C(C)/C=C/[C@H]1C. The third kappa shape index (κ3) is 8.93. The molecule has 0 aromatic rings. The number of cyclic esters (lactones) is 1. The van der Waals surface area contributed by atoms with Crippen molar-refractivity contribution in [3.05, 3.63) is 71.9 Å². The van der Waals surface area contributed by atoms with E-state index in [2.05, 4.69) is 68.5 Å². The van der Waals surface area contributed by atoms with Crippen LogP contribution in [0.25, 0.3) is 0 Å². The Balaban J connectivity index is 2.48. The van der Waals surface area contributed by atoms with Gasteiger partial charge in [0.25, 0.3) is 0 Å². The van der Waals surface area contributed by atoms with Gasteiger partial charge in [-0.25, -0.2) is 4.79 Å². The summed E-state index contributed by atoms with van der Waals surface area (Å²) in [5, 5.41) is 13.3. The van der Waals surface area contributed by atoms with Crippen molar-refractivity contribution in [1.82, 2.24) is 10.2 Å². The highest BCUT2D eigenvalue weighted by atomic mass is 16.5. The summed E-state index contributed by atoms with van der Waals surface area (Å²) in [4.78, 5) is 26.4. The Morgan fingerprint density at radius 2 is 1.87 bits per heavy atom. The largest absolute Gasteiger partial charge is 0.458 e. The number of hydrogen-bond acceptors (Lipinski definition) is 6. The number of hydrogen-bond donors (Lipinski definition) is 3. The van der Waals surface area contributed by atoms with Crippen LogP contribution in [0.2, 0.25) is 0 Å². The fourth-order valence-electron chi connectivity index (χ4n) is 5.02. The summed E-state index contributed by atoms with van der Waals surface area (Å²) < 4.78 is 5.82. The molecule has 8 atom stereocenters. The molecule has 38 heavy (non-hydrogen) atoms. The molecule has 0 spiro atoms. The van der Waals surface area contributed by atoms with Gasteiger partial charge >= 0.3 is 5.97 Å². The number of fused-ring (bicyclic) bond motifs is 1. The topological polar surface area (TPSA) is 105 Å². The van der Waals surface area contributed by atoms with Crippen LogP contribution in [0.15, 0.2) is 71.9 Å². The van der Waals surface area contributed by atoms with Crippen LogP contribution in [0.5, 0.6) is 0 Å². The van der Waals surface area contributed by atoms with Crippen molar-refractivity contribution in [1.29, 1.82) is 0 Å². The highest BCUT2D eigenvalue weighted by Crippen LogP contribution is 2.41. The van der Waals surface area contributed by atoms with Crippen molar-refractivity contribution in [2.75, 3.05) is 14.1 Å². The molecule has 4 N–H and O–H groups in total. The number of nitrogens with two attached hydrogens (primary N) is 1. The lowest BCUT2D eigenvalue weighted by Gasteiger charge is -2.40. The van der Waals surface area contributed by atoms with E-state index >= 15 is 0 Å². The van der Waals surface area contributed by atoms with Gasteiger partial charge in [-0.2, -0.15) is 0 Å². The van der Waals surface area contributed by atoms with Gasteiger partial charge in [-0.15, -0.1) is 0 Å². The number of ether oxygens (including phenoxy) is 1. The minimum Gasteiger partial charge on any atom is -0.458 e. The van der Waals surface area contributed by atoms with Crippen LogP contribution >= 0.6 is 0 Å². The van der Waals surface area contributed by atoms with E-state index in [1.165, 1.54) is 13.0 Å². The summed E-state index contributed by atoms with van der Waals surface area (Å²) in [5.41, 5.74) is 8.04. The normalized spacial score (nSPS) is 36.3. The van der Waals surface area contributed by atoms with Gasteiger partial charge in [0, 0.05) is 36.8 Å². The van der Waals surface area contributed by atoms with Gasteiger partial charge in [0.15, 0.2) is 0 Å². The molecule has 0 radical (unpaired) electrons. The Bertz CT molecular complexity index is 1020. The third-order valence-electron chi connectivity index (χ3n) is 7.60. The fourth-order valence-corrected chi connectivity index (χ4v) is 5.02. The van der Waals surface area contributed by atoms with Crippen LogP contribution in [0.4, 0.5) is 0 Å². The molecule has 1 amide bonds. The number of carbonyl (C=O) groups excluding carboxylic acids is 2. The van der Waals surface area contributed by atoms with E-state index in [1.54, 1.807) is 13.0 Å². The highest BCUT2D eigenvalue weighted by Gasteiger charge is 2.36. The maximum Gasteiger partial charge on any atom is 0.331 e. The van der Waals surface area contributed by atoms with Crippen molar-refractivity contribution >= 4 is 11.9 Å². The van der Waals surface area contributed by atoms with E-state index in [4.69, 9.17) is 10.5 Å². The quantitative estimate of drug-likeness (QED) is 0.284. The molecule has 1 aliphatic carbocycles. The van der Waals surface area contributed by atoms with Crippen LogP contribution in [0, 0.1) is 23.2 Å². The van der Waals surface area contributed by atoms with Gasteiger partial charge in [0.1, 0.15) is 12.3 Å². The average Bonchev–Trinajstić information content (AvgIpc) is 2.84. The van der Waals surface area contributed by atoms with Crippen molar-refractivity contribution in [2.45, 2.75) is 72.4 Å². The predicted molar refractivity (Wildman–Crippen MR) is 154 cm³/mol. The Kier molecular flexibility index (Phi) is 11.5. The number of nitrogens with one attached hydrogen (secondary N) is 1. The summed E-state index contributed by atoms with van der Waals surface area (Å²) in [6.45, 7) is 11.4. The lowest BCUT2D eigenvalue weighted by atomic mass is 9.68. The number of aliphatic hydroxyl groups excluding tert-OH is 1. The molecule has 7 heteroatoms. The van der Waals surface area contributed by atoms with E-state index in [9.17, 15) is 14.7 Å². The second-order valence-electron chi connectivity index (χ2n) is 11.4. The van der Waals surface area contributed by atoms with Crippen molar-refractivity contribution in [2.24, 2.45) is 28.9 Å². The summed E-state index contributed by atoms with van der Waals surface area (Å²) >= 11 is 0. The summed E-state index contributed by atoms with van der Waals surface area (Å²) in [6.07, 6.45) is 18.5. The molecular formula is C31H47N3O4. The highest BCUT2D eigenvalue weighted by molar-refractivity contribution is 5.82. The minimum absolute atomic E-state index is 0.0831. The smallest absolute Gasteiger partial charge is 0.331 e. The average molecular weight is 526 g/mol. The van der Waals surface area contributed by atoms with Crippen LogP contribution < -0.4 is 11.1 Å². The molecule has 0 saturated heterocycles. The maximum absolute atomic E-state index is 12.7. The second kappa shape index (κ2) is 13.9. The van der Waals surface area contributed by atoms with Crippen LogP contribution in [0.1, 0.15) is 48.0 Å². The van der Waals surface area contributed by atoms with Crippen molar-refractivity contribution in [3.63, 3.8) is 0 Å². The molecule has 2 aliphatic rings. The number of amides is 1. The zero-order valence-electron chi connectivity index (χ0n) is 24.2. The summed E-state index contributed by atoms with van der Waals surface area (Å²) in [5.74, 6) is -1.39. The molecule has 1 aliphatic heterocycles. The van der Waals surface area contributed by atoms with Gasteiger partial charge in [0.05, 0.1) is 6.10 Å². The predicted octanol–water partition coefficient (Wildman–Crippen LogP) is 4.04. The first-order valence-electron chi connectivity index (χ1n) is 13.4. The third-order valence-corrected chi connectivity index (χ3v) is 7.60. The number of aliphatic hydroxyl groups is 1. The molecule has 0 fully saturated rings. The number of esters is 1. The Hall–Kier alpha value is -2.74. The number of likely N-dealkylation sites (N-methyl/N-ethyl adjacent to an activating group) is 1. The van der Waals surface area contributed by atoms with Gasteiger partial charge in [-0.05, 0) is 39.8 Å². The minimum atomic E-state index is -1.11. The molecule has 0 saturated carbocycles. The molecule has 0 bridgehead atoms. The number of allylic oxidation sites excluding steroid dienone is 9. The fraction of sp³-hybridized carbons (Fsp3) is 0.548. The molecule has 0 unspecified atom stereocenters. The molecule has 210 valence electrons. The molecule has 0 aromatic heterocycles. The molecule has 2 rings (SSSR count).